The number of hydrogen-bond donors (Lipinski definition) is 1. The van der Waals surface area contributed by atoms with Crippen molar-refractivity contribution in [3.63, 3.8) is 0 Å². The number of aliphatic hydroxyl groups is 1. The Labute approximate surface area is 356 Å². The van der Waals surface area contributed by atoms with Gasteiger partial charge >= 0.3 is 5.97 Å². The first-order chi connectivity index (χ1) is 28.2. The van der Waals surface area contributed by atoms with Gasteiger partial charge in [-0.25, -0.2) is 0 Å². The summed E-state index contributed by atoms with van der Waals surface area (Å²) in [5.74, 6) is -0.203. The fourth-order valence-corrected chi connectivity index (χ4v) is 7.33. The average molecular weight is 799 g/mol. The lowest BCUT2D eigenvalue weighted by atomic mass is 10.0. The Bertz CT molecular complexity index is 889. The van der Waals surface area contributed by atoms with E-state index in [-0.39, 0.29) is 19.2 Å². The van der Waals surface area contributed by atoms with E-state index in [1.807, 2.05) is 0 Å². The summed E-state index contributed by atoms with van der Waals surface area (Å²) in [6.07, 6.45) is 66.2. The van der Waals surface area contributed by atoms with E-state index in [0.29, 0.717) is 13.0 Å². The van der Waals surface area contributed by atoms with Gasteiger partial charge < -0.3 is 14.6 Å². The van der Waals surface area contributed by atoms with Crippen LogP contribution in [0.15, 0.2) is 48.6 Å². The molecule has 0 aliphatic heterocycles. The summed E-state index contributed by atoms with van der Waals surface area (Å²) in [6, 6.07) is 0. The second kappa shape index (κ2) is 50.5. The number of carbonyl (C=O) groups is 1. The molecular weight excluding hydrogens is 701 g/mol. The average Bonchev–Trinajstić information content (AvgIpc) is 3.22. The molecule has 334 valence electrons. The monoisotopic (exact) mass is 799 g/mol. The van der Waals surface area contributed by atoms with Crippen LogP contribution in [0.1, 0.15) is 258 Å². The van der Waals surface area contributed by atoms with Crippen molar-refractivity contribution in [2.24, 2.45) is 0 Å². The quantitative estimate of drug-likeness (QED) is 0.0378. The number of allylic oxidation sites excluding steroid dienone is 8. The van der Waals surface area contributed by atoms with Crippen LogP contribution in [0.4, 0.5) is 0 Å². The molecule has 0 aliphatic rings. The first-order valence-electron chi connectivity index (χ1n) is 25.2. The molecule has 1 N–H and O–H groups in total. The number of ether oxygens (including phenoxy) is 2. The molecule has 1 atom stereocenters. The minimum Gasteiger partial charge on any atom is -0.457 e. The van der Waals surface area contributed by atoms with Gasteiger partial charge in [0.1, 0.15) is 6.10 Å². The van der Waals surface area contributed by atoms with Crippen LogP contribution in [0.2, 0.25) is 0 Å². The van der Waals surface area contributed by atoms with Crippen molar-refractivity contribution < 1.29 is 19.4 Å². The summed E-state index contributed by atoms with van der Waals surface area (Å²) in [5, 5.41) is 9.65. The van der Waals surface area contributed by atoms with E-state index in [4.69, 9.17) is 9.47 Å². The molecule has 0 rings (SSSR count). The third-order valence-electron chi connectivity index (χ3n) is 11.1. The van der Waals surface area contributed by atoms with Crippen molar-refractivity contribution in [3.8, 4) is 0 Å². The Kier molecular flexibility index (Phi) is 49.0. The van der Waals surface area contributed by atoms with E-state index >= 15 is 0 Å². The topological polar surface area (TPSA) is 55.8 Å². The van der Waals surface area contributed by atoms with Gasteiger partial charge in [0.2, 0.25) is 0 Å². The van der Waals surface area contributed by atoms with Crippen molar-refractivity contribution in [1.82, 2.24) is 0 Å². The third-order valence-corrected chi connectivity index (χ3v) is 11.1. The first-order valence-corrected chi connectivity index (χ1v) is 25.2. The Morgan fingerprint density at radius 3 is 1.12 bits per heavy atom. The van der Waals surface area contributed by atoms with Gasteiger partial charge in [-0.2, -0.15) is 0 Å². The summed E-state index contributed by atoms with van der Waals surface area (Å²) in [5.41, 5.74) is 0. The van der Waals surface area contributed by atoms with E-state index in [1.165, 1.54) is 205 Å². The van der Waals surface area contributed by atoms with Crippen LogP contribution in [0, 0.1) is 0 Å². The lowest BCUT2D eigenvalue weighted by Gasteiger charge is -2.16. The van der Waals surface area contributed by atoms with Gasteiger partial charge in [0.25, 0.3) is 0 Å². The first kappa shape index (κ1) is 55.4. The van der Waals surface area contributed by atoms with E-state index in [2.05, 4.69) is 62.5 Å². The Hall–Kier alpha value is -1.65. The van der Waals surface area contributed by atoms with Gasteiger partial charge in [0.15, 0.2) is 0 Å². The Balaban J connectivity index is 3.43. The molecule has 0 fully saturated rings. The number of carbonyl (C=O) groups excluding carboxylic acids is 1. The van der Waals surface area contributed by atoms with Gasteiger partial charge in [0, 0.05) is 13.0 Å². The molecular formula is C53H98O4. The highest BCUT2D eigenvalue weighted by atomic mass is 16.6. The summed E-state index contributed by atoms with van der Waals surface area (Å²) in [7, 11) is 0. The Morgan fingerprint density at radius 1 is 0.421 bits per heavy atom. The molecule has 0 saturated carbocycles. The number of aliphatic hydroxyl groups excluding tert-OH is 1. The second-order valence-electron chi connectivity index (χ2n) is 16.9. The third kappa shape index (κ3) is 48.6. The highest BCUT2D eigenvalue weighted by Crippen LogP contribution is 2.15. The number of esters is 1. The lowest BCUT2D eigenvalue weighted by molar-refractivity contribution is -0.154. The molecule has 0 saturated heterocycles. The molecule has 0 radical (unpaired) electrons. The number of hydrogen-bond acceptors (Lipinski definition) is 4. The van der Waals surface area contributed by atoms with E-state index in [1.54, 1.807) is 0 Å². The van der Waals surface area contributed by atoms with E-state index in [9.17, 15) is 9.90 Å². The zero-order chi connectivity index (χ0) is 41.2. The maximum atomic E-state index is 12.3. The van der Waals surface area contributed by atoms with Crippen molar-refractivity contribution in [2.75, 3.05) is 19.8 Å². The molecule has 1 unspecified atom stereocenters. The van der Waals surface area contributed by atoms with Crippen LogP contribution in [-0.4, -0.2) is 37.0 Å². The van der Waals surface area contributed by atoms with Gasteiger partial charge in [-0.3, -0.25) is 4.79 Å². The number of rotatable bonds is 47. The van der Waals surface area contributed by atoms with Crippen molar-refractivity contribution >= 4 is 5.97 Å². The van der Waals surface area contributed by atoms with Crippen molar-refractivity contribution in [2.45, 2.75) is 264 Å². The SMILES string of the molecule is CCCCCCC/C=C\C/C=C\C/C=C\CCCCCCCCCOCC(CO)OC(=O)CCCCCCCCCCCCC/C=C\CCCCCCCCCC. The normalized spacial score (nSPS) is 12.7. The van der Waals surface area contributed by atoms with Crippen molar-refractivity contribution in [1.29, 1.82) is 0 Å². The molecule has 0 heterocycles. The van der Waals surface area contributed by atoms with Crippen LogP contribution in [-0.2, 0) is 14.3 Å². The smallest absolute Gasteiger partial charge is 0.306 e. The number of unbranched alkanes of at least 4 members (excludes halogenated alkanes) is 31. The summed E-state index contributed by atoms with van der Waals surface area (Å²) < 4.78 is 11.2. The van der Waals surface area contributed by atoms with Crippen LogP contribution < -0.4 is 0 Å². The fourth-order valence-electron chi connectivity index (χ4n) is 7.33. The lowest BCUT2D eigenvalue weighted by Crippen LogP contribution is -2.27. The summed E-state index contributed by atoms with van der Waals surface area (Å²) in [6.45, 7) is 5.34. The van der Waals surface area contributed by atoms with Gasteiger partial charge in [0.05, 0.1) is 13.2 Å². The van der Waals surface area contributed by atoms with Gasteiger partial charge in [-0.05, 0) is 77.0 Å². The Morgan fingerprint density at radius 2 is 0.737 bits per heavy atom. The summed E-state index contributed by atoms with van der Waals surface area (Å²) in [4.78, 5) is 12.3. The molecule has 57 heavy (non-hydrogen) atoms. The molecule has 0 amide bonds. The van der Waals surface area contributed by atoms with Crippen molar-refractivity contribution in [3.05, 3.63) is 48.6 Å². The highest BCUT2D eigenvalue weighted by molar-refractivity contribution is 5.69. The minimum absolute atomic E-state index is 0.176. The zero-order valence-corrected chi connectivity index (χ0v) is 38.4. The fraction of sp³-hybridized carbons (Fsp3) is 0.830. The largest absolute Gasteiger partial charge is 0.457 e. The predicted octanol–water partition coefficient (Wildman–Crippen LogP) is 17.0. The molecule has 0 aromatic rings. The molecule has 0 aliphatic carbocycles. The van der Waals surface area contributed by atoms with E-state index < -0.39 is 6.10 Å². The molecule has 0 aromatic heterocycles. The maximum absolute atomic E-state index is 12.3. The molecule has 0 aromatic carbocycles. The molecule has 0 bridgehead atoms. The van der Waals surface area contributed by atoms with Gasteiger partial charge in [-0.15, -0.1) is 0 Å². The standard InChI is InChI=1S/C53H98O4/c1-3-5-7-9-11-13-15-17-19-21-23-25-27-28-30-32-34-36-38-40-42-44-46-48-53(55)57-52(50-54)51-56-49-47-45-43-41-39-37-35-33-31-29-26-24-22-20-18-16-14-12-10-8-6-4-2/h16,18,21-24,29,31,52,54H,3-15,17,19-20,25-28,30,32-51H2,1-2H3/b18-16-,23-21-,24-22-,31-29-. The highest BCUT2D eigenvalue weighted by Gasteiger charge is 2.13. The predicted molar refractivity (Wildman–Crippen MR) is 251 cm³/mol. The second-order valence-corrected chi connectivity index (χ2v) is 16.9. The van der Waals surface area contributed by atoms with Crippen LogP contribution >= 0.6 is 0 Å². The zero-order valence-electron chi connectivity index (χ0n) is 38.4. The maximum Gasteiger partial charge on any atom is 0.306 e. The molecule has 0 spiro atoms. The minimum atomic E-state index is -0.541. The molecule has 4 nitrogen and oxygen atoms in total. The van der Waals surface area contributed by atoms with Gasteiger partial charge in [-0.1, -0.05) is 223 Å². The van der Waals surface area contributed by atoms with Crippen LogP contribution in [0.3, 0.4) is 0 Å². The van der Waals surface area contributed by atoms with E-state index in [0.717, 1.165) is 32.1 Å². The van der Waals surface area contributed by atoms with Crippen LogP contribution in [0.5, 0.6) is 0 Å². The van der Waals surface area contributed by atoms with Crippen LogP contribution in [0.25, 0.3) is 0 Å². The molecule has 4 heteroatoms. The summed E-state index contributed by atoms with van der Waals surface area (Å²) >= 11 is 0.